The number of ether oxygens (including phenoxy) is 1. The molecule has 3 aromatic carbocycles. The quantitative estimate of drug-likeness (QED) is 0.301. The Morgan fingerprint density at radius 3 is 2.32 bits per heavy atom. The number of hydrogen-bond acceptors (Lipinski definition) is 4. The van der Waals surface area contributed by atoms with E-state index in [0.717, 1.165) is 11.1 Å². The molecule has 1 aliphatic rings. The normalized spacial score (nSPS) is 19.2. The molecule has 1 heterocycles. The highest BCUT2D eigenvalue weighted by Gasteiger charge is 2.40. The zero-order valence-corrected chi connectivity index (χ0v) is 24.6. The van der Waals surface area contributed by atoms with Crippen molar-refractivity contribution in [3.05, 3.63) is 95.0 Å². The van der Waals surface area contributed by atoms with Gasteiger partial charge in [0.1, 0.15) is 11.8 Å². The summed E-state index contributed by atoms with van der Waals surface area (Å²) in [6.45, 7) is 5.89. The number of halogens is 1. The average molecular weight is 577 g/mol. The summed E-state index contributed by atoms with van der Waals surface area (Å²) in [6.07, 6.45) is 1.07. The molecular weight excluding hydrogens is 540 g/mol. The van der Waals surface area contributed by atoms with E-state index in [-0.39, 0.29) is 23.7 Å². The number of nitrogens with zero attached hydrogens (tertiary/aromatic N) is 1. The number of para-hydroxylation sites is 1. The first kappa shape index (κ1) is 29.9. The van der Waals surface area contributed by atoms with Gasteiger partial charge in [-0.3, -0.25) is 15.0 Å². The van der Waals surface area contributed by atoms with Gasteiger partial charge in [0, 0.05) is 6.42 Å². The Kier molecular flexibility index (Phi) is 9.55. The number of rotatable bonds is 7. The lowest BCUT2D eigenvalue weighted by Gasteiger charge is -2.33. The minimum Gasteiger partial charge on any atom is -0.497 e. The van der Waals surface area contributed by atoms with E-state index in [9.17, 15) is 14.4 Å². The van der Waals surface area contributed by atoms with Crippen molar-refractivity contribution < 1.29 is 19.1 Å². The van der Waals surface area contributed by atoms with Gasteiger partial charge in [-0.05, 0) is 59.6 Å². The third kappa shape index (κ3) is 8.01. The molecule has 0 bridgehead atoms. The summed E-state index contributed by atoms with van der Waals surface area (Å²) in [5.41, 5.74) is 4.89. The molecule has 4 rings (SSSR count). The molecule has 9 heteroatoms. The fourth-order valence-electron chi connectivity index (χ4n) is 5.10. The van der Waals surface area contributed by atoms with Crippen molar-refractivity contribution in [1.82, 2.24) is 15.8 Å². The number of carbonyl (C=O) groups is 3. The van der Waals surface area contributed by atoms with Gasteiger partial charge in [-0.25, -0.2) is 9.80 Å². The van der Waals surface area contributed by atoms with Crippen molar-refractivity contribution in [2.45, 2.75) is 58.0 Å². The van der Waals surface area contributed by atoms with Gasteiger partial charge in [-0.2, -0.15) is 0 Å². The largest absolute Gasteiger partial charge is 0.497 e. The van der Waals surface area contributed by atoms with Gasteiger partial charge in [0.25, 0.3) is 5.91 Å². The van der Waals surface area contributed by atoms with Gasteiger partial charge in [-0.1, -0.05) is 87.0 Å². The number of benzene rings is 3. The Hall–Kier alpha value is -4.04. The summed E-state index contributed by atoms with van der Waals surface area (Å²) >= 11 is 6.24. The number of anilines is 1. The summed E-state index contributed by atoms with van der Waals surface area (Å²) in [6, 6.07) is 22.3. The second kappa shape index (κ2) is 13.1. The summed E-state index contributed by atoms with van der Waals surface area (Å²) in [5.74, 6) is -0.152. The van der Waals surface area contributed by atoms with Crippen molar-refractivity contribution >= 4 is 35.1 Å². The van der Waals surface area contributed by atoms with Crippen molar-refractivity contribution in [1.29, 1.82) is 0 Å². The van der Waals surface area contributed by atoms with E-state index < -0.39 is 24.0 Å². The van der Waals surface area contributed by atoms with E-state index in [2.05, 4.69) is 16.1 Å². The molecule has 41 heavy (non-hydrogen) atoms. The third-order valence-electron chi connectivity index (χ3n) is 6.99. The Morgan fingerprint density at radius 1 is 0.951 bits per heavy atom. The molecule has 3 aromatic rings. The van der Waals surface area contributed by atoms with Gasteiger partial charge >= 0.3 is 6.03 Å². The highest BCUT2D eigenvalue weighted by Crippen LogP contribution is 2.39. The van der Waals surface area contributed by atoms with Crippen LogP contribution in [-0.4, -0.2) is 36.0 Å². The standard InChI is InChI=1S/C32H37ClN4O4/c1-32(2,3)20-29(38)36-37-28(22-13-10-14-24(17-22)41-4)19-23(21-11-6-5-7-12-21)18-27(30(37)39)35-31(40)34-26-16-9-8-15-25(26)33/h5-17,23,27-28H,18-20H2,1-4H3,(H,36,38)(H2,34,35,40). The van der Waals surface area contributed by atoms with E-state index in [4.69, 9.17) is 16.3 Å². The summed E-state index contributed by atoms with van der Waals surface area (Å²) in [7, 11) is 1.59. The van der Waals surface area contributed by atoms with E-state index in [0.29, 0.717) is 29.3 Å². The predicted molar refractivity (Wildman–Crippen MR) is 161 cm³/mol. The maximum absolute atomic E-state index is 14.2. The molecule has 1 aliphatic heterocycles. The molecule has 0 spiro atoms. The molecule has 0 aliphatic carbocycles. The van der Waals surface area contributed by atoms with Crippen LogP contribution in [0, 0.1) is 5.41 Å². The third-order valence-corrected chi connectivity index (χ3v) is 7.32. The smallest absolute Gasteiger partial charge is 0.319 e. The lowest BCUT2D eigenvalue weighted by molar-refractivity contribution is -0.146. The number of carbonyl (C=O) groups excluding carboxylic acids is 3. The van der Waals surface area contributed by atoms with Crippen LogP contribution < -0.4 is 20.8 Å². The molecule has 216 valence electrons. The fourth-order valence-corrected chi connectivity index (χ4v) is 5.28. The van der Waals surface area contributed by atoms with Crippen LogP contribution in [0.1, 0.15) is 63.1 Å². The van der Waals surface area contributed by atoms with Crippen LogP contribution in [0.2, 0.25) is 5.02 Å². The first-order valence-corrected chi connectivity index (χ1v) is 14.1. The van der Waals surface area contributed by atoms with Crippen LogP contribution >= 0.6 is 11.6 Å². The van der Waals surface area contributed by atoms with Crippen LogP contribution in [0.4, 0.5) is 10.5 Å². The SMILES string of the molecule is COc1cccc(C2CC(c3ccccc3)CC(NC(=O)Nc3ccccc3Cl)C(=O)N2NC(=O)CC(C)(C)C)c1. The van der Waals surface area contributed by atoms with Crippen molar-refractivity contribution in [3.8, 4) is 5.75 Å². The highest BCUT2D eigenvalue weighted by molar-refractivity contribution is 6.33. The van der Waals surface area contributed by atoms with E-state index in [1.54, 1.807) is 31.4 Å². The number of urea groups is 1. The molecule has 1 saturated heterocycles. The number of hydrazine groups is 1. The molecule has 3 N–H and O–H groups in total. The van der Waals surface area contributed by atoms with Gasteiger partial charge in [-0.15, -0.1) is 0 Å². The minimum atomic E-state index is -0.923. The molecule has 1 fully saturated rings. The van der Waals surface area contributed by atoms with Gasteiger partial charge in [0.2, 0.25) is 5.91 Å². The summed E-state index contributed by atoms with van der Waals surface area (Å²) in [5, 5.41) is 7.37. The molecule has 8 nitrogen and oxygen atoms in total. The van der Waals surface area contributed by atoms with Crippen molar-refractivity contribution in [3.63, 3.8) is 0 Å². The van der Waals surface area contributed by atoms with Crippen LogP contribution in [0.25, 0.3) is 0 Å². The molecular formula is C32H37ClN4O4. The van der Waals surface area contributed by atoms with Crippen molar-refractivity contribution in [2.75, 3.05) is 12.4 Å². The fraction of sp³-hybridized carbons (Fsp3) is 0.344. The summed E-state index contributed by atoms with van der Waals surface area (Å²) in [4.78, 5) is 40.6. The number of amides is 4. The topological polar surface area (TPSA) is 99.8 Å². The van der Waals surface area contributed by atoms with Gasteiger partial charge in [0.05, 0.1) is 23.9 Å². The first-order chi connectivity index (χ1) is 19.5. The number of methoxy groups -OCH3 is 1. The molecule has 0 radical (unpaired) electrons. The molecule has 0 saturated carbocycles. The van der Waals surface area contributed by atoms with E-state index >= 15 is 0 Å². The molecule has 4 amide bonds. The van der Waals surface area contributed by atoms with E-state index in [1.165, 1.54) is 5.01 Å². The predicted octanol–water partition coefficient (Wildman–Crippen LogP) is 6.45. The number of hydrogen-bond donors (Lipinski definition) is 3. The monoisotopic (exact) mass is 576 g/mol. The highest BCUT2D eigenvalue weighted by atomic mass is 35.5. The lowest BCUT2D eigenvalue weighted by atomic mass is 9.86. The second-order valence-corrected chi connectivity index (χ2v) is 11.9. The van der Waals surface area contributed by atoms with Gasteiger partial charge in [0.15, 0.2) is 0 Å². The Bertz CT molecular complexity index is 1380. The second-order valence-electron chi connectivity index (χ2n) is 11.5. The van der Waals surface area contributed by atoms with Crippen LogP contribution in [0.5, 0.6) is 5.75 Å². The molecule has 3 atom stereocenters. The van der Waals surface area contributed by atoms with Crippen LogP contribution in [0.15, 0.2) is 78.9 Å². The average Bonchev–Trinajstić information content (AvgIpc) is 3.06. The Morgan fingerprint density at radius 2 is 1.63 bits per heavy atom. The maximum atomic E-state index is 14.2. The van der Waals surface area contributed by atoms with Gasteiger partial charge < -0.3 is 15.4 Å². The minimum absolute atomic E-state index is 0.105. The zero-order chi connectivity index (χ0) is 29.6. The van der Waals surface area contributed by atoms with Crippen molar-refractivity contribution in [2.24, 2.45) is 5.41 Å². The molecule has 3 unspecified atom stereocenters. The first-order valence-electron chi connectivity index (χ1n) is 13.7. The summed E-state index contributed by atoms with van der Waals surface area (Å²) < 4.78 is 5.47. The van der Waals surface area contributed by atoms with Crippen LogP contribution in [-0.2, 0) is 9.59 Å². The molecule has 0 aromatic heterocycles. The zero-order valence-electron chi connectivity index (χ0n) is 23.8. The number of nitrogens with one attached hydrogen (secondary N) is 3. The Labute approximate surface area is 246 Å². The Balaban J connectivity index is 1.72. The lowest BCUT2D eigenvalue weighted by Crippen LogP contribution is -2.55. The van der Waals surface area contributed by atoms with Crippen LogP contribution in [0.3, 0.4) is 0 Å². The van der Waals surface area contributed by atoms with E-state index in [1.807, 2.05) is 75.4 Å². The maximum Gasteiger partial charge on any atom is 0.319 e.